The molecule has 1 unspecified atom stereocenters. The van der Waals surface area contributed by atoms with Crippen molar-refractivity contribution in [1.82, 2.24) is 19.5 Å². The Morgan fingerprint density at radius 1 is 0.791 bits per heavy atom. The van der Waals surface area contributed by atoms with E-state index in [2.05, 4.69) is 113 Å². The topological polar surface area (TPSA) is 59.6 Å². The molecule has 5 nitrogen and oxygen atoms in total. The van der Waals surface area contributed by atoms with Gasteiger partial charge in [0.15, 0.2) is 5.82 Å². The number of fused-ring (bicyclic) bond motifs is 10. The van der Waals surface area contributed by atoms with Crippen LogP contribution in [0.4, 0.5) is 0 Å². The predicted molar refractivity (Wildman–Crippen MR) is 174 cm³/mol. The lowest BCUT2D eigenvalue weighted by atomic mass is 9.87. The van der Waals surface area contributed by atoms with Crippen LogP contribution in [0.3, 0.4) is 0 Å². The fraction of sp³-hybridized carbons (Fsp3) is 0.0526. The van der Waals surface area contributed by atoms with Gasteiger partial charge in [0, 0.05) is 49.3 Å². The Labute approximate surface area is 245 Å². The van der Waals surface area contributed by atoms with Crippen molar-refractivity contribution in [2.45, 2.75) is 6.42 Å². The van der Waals surface area contributed by atoms with E-state index in [9.17, 15) is 0 Å². The highest BCUT2D eigenvalue weighted by Crippen LogP contribution is 2.35. The van der Waals surface area contributed by atoms with E-state index < -0.39 is 0 Å². The lowest BCUT2D eigenvalue weighted by Gasteiger charge is -2.18. The summed E-state index contributed by atoms with van der Waals surface area (Å²) in [4.78, 5) is 14.2. The van der Waals surface area contributed by atoms with Crippen LogP contribution in [0.15, 0.2) is 119 Å². The van der Waals surface area contributed by atoms with E-state index in [0.29, 0.717) is 11.6 Å². The number of hydrogen-bond acceptors (Lipinski definition) is 3. The summed E-state index contributed by atoms with van der Waals surface area (Å²) in [6, 6.07) is 31.7. The Bertz CT molecular complexity index is 2660. The minimum Gasteiger partial charge on any atom is -0.436 e. The second-order valence-corrected chi connectivity index (χ2v) is 11.5. The number of nitrogens with one attached hydrogen (secondary N) is 1. The SMILES string of the molecule is C1=CCC2C=c3c(n(-c4nc5oc6ccccc6c5nc4-c4ccc5[nH]c6ccccc6c5c4)c4ccccc34)=CC2=C1. The molecular weight excluding hydrogens is 528 g/mol. The van der Waals surface area contributed by atoms with E-state index in [4.69, 9.17) is 14.4 Å². The zero-order chi connectivity index (χ0) is 28.1. The fourth-order valence-corrected chi connectivity index (χ4v) is 7.03. The standard InChI is InChI=1S/C38H24N4O/c1-2-10-23-21-33-29(19-22(23)9-1)26-12-4-7-15-32(26)42(33)37-35(40-36-27-13-5-8-16-34(27)43-38(36)41-37)24-17-18-31-28(20-24)25-11-3-6-14-30(25)39-31/h1-8,10-22,39H,9H2. The van der Waals surface area contributed by atoms with Gasteiger partial charge in [-0.25, -0.2) is 4.98 Å². The van der Waals surface area contributed by atoms with Gasteiger partial charge in [0.05, 0.1) is 10.9 Å². The number of aromatic amines is 1. The van der Waals surface area contributed by atoms with E-state index in [-0.39, 0.29) is 0 Å². The summed E-state index contributed by atoms with van der Waals surface area (Å²) in [5.41, 5.74) is 8.57. The molecule has 8 aromatic rings. The summed E-state index contributed by atoms with van der Waals surface area (Å²) in [5.74, 6) is 1.14. The average Bonchev–Trinajstić information content (AvgIpc) is 3.71. The molecule has 4 aromatic heterocycles. The number of benzene rings is 4. The lowest BCUT2D eigenvalue weighted by Crippen LogP contribution is -2.33. The summed E-state index contributed by atoms with van der Waals surface area (Å²) in [7, 11) is 0. The largest absolute Gasteiger partial charge is 0.436 e. The molecule has 1 N–H and O–H groups in total. The number of para-hydroxylation sites is 3. The van der Waals surface area contributed by atoms with Gasteiger partial charge in [-0.1, -0.05) is 78.9 Å². The van der Waals surface area contributed by atoms with Crippen molar-refractivity contribution in [3.8, 4) is 17.1 Å². The lowest BCUT2D eigenvalue weighted by molar-refractivity contribution is 0.651. The number of hydrogen-bond donors (Lipinski definition) is 1. The molecule has 4 aromatic carbocycles. The van der Waals surface area contributed by atoms with E-state index >= 15 is 0 Å². The molecular formula is C38H24N4O. The van der Waals surface area contributed by atoms with Crippen LogP contribution in [-0.2, 0) is 0 Å². The first-order valence-corrected chi connectivity index (χ1v) is 14.7. The molecule has 0 fully saturated rings. The van der Waals surface area contributed by atoms with E-state index in [1.165, 1.54) is 27.0 Å². The molecule has 1 atom stereocenters. The smallest absolute Gasteiger partial charge is 0.248 e. The first kappa shape index (κ1) is 22.9. The molecule has 0 aliphatic heterocycles. The van der Waals surface area contributed by atoms with Crippen LogP contribution in [-0.4, -0.2) is 19.5 Å². The maximum absolute atomic E-state index is 6.31. The van der Waals surface area contributed by atoms with E-state index in [0.717, 1.165) is 61.9 Å². The van der Waals surface area contributed by atoms with Crippen LogP contribution in [0.1, 0.15) is 6.42 Å². The van der Waals surface area contributed by atoms with Gasteiger partial charge >= 0.3 is 0 Å². The van der Waals surface area contributed by atoms with Gasteiger partial charge in [0.2, 0.25) is 5.71 Å². The highest BCUT2D eigenvalue weighted by Gasteiger charge is 2.24. The molecule has 0 bridgehead atoms. The van der Waals surface area contributed by atoms with Crippen molar-refractivity contribution in [3.63, 3.8) is 0 Å². The Hall–Kier alpha value is -5.68. The van der Waals surface area contributed by atoms with E-state index in [1.54, 1.807) is 0 Å². The molecule has 0 spiro atoms. The normalized spacial score (nSPS) is 16.0. The second-order valence-electron chi connectivity index (χ2n) is 11.5. The first-order valence-electron chi connectivity index (χ1n) is 14.7. The molecule has 0 saturated carbocycles. The highest BCUT2D eigenvalue weighted by molar-refractivity contribution is 6.09. The number of H-pyrrole nitrogens is 1. The average molecular weight is 553 g/mol. The predicted octanol–water partition coefficient (Wildman–Crippen LogP) is 7.70. The van der Waals surface area contributed by atoms with Crippen LogP contribution in [0.5, 0.6) is 0 Å². The maximum Gasteiger partial charge on any atom is 0.248 e. The van der Waals surface area contributed by atoms with Gasteiger partial charge in [-0.05, 0) is 54.5 Å². The van der Waals surface area contributed by atoms with Crippen LogP contribution in [0.2, 0.25) is 0 Å². The maximum atomic E-state index is 6.31. The third-order valence-electron chi connectivity index (χ3n) is 9.05. The number of furan rings is 1. The van der Waals surface area contributed by atoms with Crippen molar-refractivity contribution >= 4 is 67.1 Å². The molecule has 5 heteroatoms. The van der Waals surface area contributed by atoms with Crippen molar-refractivity contribution in [1.29, 1.82) is 0 Å². The summed E-state index contributed by atoms with van der Waals surface area (Å²) < 4.78 is 8.59. The summed E-state index contributed by atoms with van der Waals surface area (Å²) in [6.07, 6.45) is 12.4. The van der Waals surface area contributed by atoms with E-state index in [1.807, 2.05) is 18.2 Å². The Balaban J connectivity index is 1.36. The number of aromatic nitrogens is 4. The zero-order valence-corrected chi connectivity index (χ0v) is 23.1. The molecule has 0 radical (unpaired) electrons. The van der Waals surface area contributed by atoms with Gasteiger partial charge in [-0.3, -0.25) is 4.57 Å². The highest BCUT2D eigenvalue weighted by atomic mass is 16.3. The van der Waals surface area contributed by atoms with Gasteiger partial charge in [0.1, 0.15) is 16.8 Å². The van der Waals surface area contributed by atoms with Crippen molar-refractivity contribution in [3.05, 3.63) is 125 Å². The summed E-state index contributed by atoms with van der Waals surface area (Å²) in [6.45, 7) is 0. The number of rotatable bonds is 2. The van der Waals surface area contributed by atoms with Crippen molar-refractivity contribution < 1.29 is 4.42 Å². The van der Waals surface area contributed by atoms with Gasteiger partial charge < -0.3 is 9.40 Å². The summed E-state index contributed by atoms with van der Waals surface area (Å²) >= 11 is 0. The Morgan fingerprint density at radius 2 is 1.60 bits per heavy atom. The van der Waals surface area contributed by atoms with Gasteiger partial charge in [-0.2, -0.15) is 4.98 Å². The molecule has 202 valence electrons. The Kier molecular flexibility index (Phi) is 4.50. The third kappa shape index (κ3) is 3.22. The number of allylic oxidation sites excluding steroid dienone is 4. The van der Waals surface area contributed by atoms with Gasteiger partial charge in [-0.15, -0.1) is 0 Å². The molecule has 2 aliphatic rings. The van der Waals surface area contributed by atoms with Crippen LogP contribution >= 0.6 is 0 Å². The molecule has 10 rings (SSSR count). The van der Waals surface area contributed by atoms with Crippen LogP contribution < -0.4 is 10.6 Å². The third-order valence-corrected chi connectivity index (χ3v) is 9.05. The molecule has 2 aliphatic carbocycles. The Morgan fingerprint density at radius 3 is 2.56 bits per heavy atom. The van der Waals surface area contributed by atoms with Gasteiger partial charge in [0.25, 0.3) is 0 Å². The minimum atomic E-state index is 0.379. The quantitative estimate of drug-likeness (QED) is 0.239. The van der Waals surface area contributed by atoms with Crippen LogP contribution in [0, 0.1) is 5.92 Å². The summed E-state index contributed by atoms with van der Waals surface area (Å²) in [5, 5.41) is 6.91. The molecule has 0 amide bonds. The van der Waals surface area contributed by atoms with Crippen molar-refractivity contribution in [2.75, 3.05) is 0 Å². The first-order chi connectivity index (χ1) is 21.3. The number of nitrogens with zero attached hydrogens (tertiary/aromatic N) is 3. The zero-order valence-electron chi connectivity index (χ0n) is 23.1. The van der Waals surface area contributed by atoms with Crippen molar-refractivity contribution in [2.24, 2.45) is 5.92 Å². The molecule has 4 heterocycles. The molecule has 0 saturated heterocycles. The van der Waals surface area contributed by atoms with Crippen LogP contribution in [0.25, 0.3) is 84.1 Å². The second kappa shape index (κ2) is 8.43. The monoisotopic (exact) mass is 552 g/mol. The molecule has 43 heavy (non-hydrogen) atoms. The fourth-order valence-electron chi connectivity index (χ4n) is 7.03. The minimum absolute atomic E-state index is 0.379.